The standard InChI is InChI=1S/C15H25F2N3O2/c16-15(17)7-3-9-20(10-15)8-2-6-13(18-11-21)14(22)19-12-4-1-5-12/h11-13H,1-10H2,(H,18,21)(H,19,22). The van der Waals surface area contributed by atoms with Gasteiger partial charge in [-0.05, 0) is 51.6 Å². The fourth-order valence-electron chi connectivity index (χ4n) is 2.98. The Bertz CT molecular complexity index is 389. The molecule has 1 saturated heterocycles. The van der Waals surface area contributed by atoms with Crippen LogP contribution in [0.2, 0.25) is 0 Å². The first-order valence-corrected chi connectivity index (χ1v) is 8.10. The zero-order chi connectivity index (χ0) is 16.0. The van der Waals surface area contributed by atoms with Gasteiger partial charge in [0.15, 0.2) is 0 Å². The summed E-state index contributed by atoms with van der Waals surface area (Å²) < 4.78 is 26.6. The average molecular weight is 317 g/mol. The second-order valence-electron chi connectivity index (χ2n) is 6.35. The van der Waals surface area contributed by atoms with Crippen LogP contribution in [-0.2, 0) is 9.59 Å². The molecule has 1 aliphatic heterocycles. The third kappa shape index (κ3) is 5.19. The monoisotopic (exact) mass is 317 g/mol. The van der Waals surface area contributed by atoms with Gasteiger partial charge < -0.3 is 10.6 Å². The number of hydrogen-bond acceptors (Lipinski definition) is 3. The zero-order valence-electron chi connectivity index (χ0n) is 12.8. The van der Waals surface area contributed by atoms with Gasteiger partial charge in [-0.2, -0.15) is 0 Å². The highest BCUT2D eigenvalue weighted by atomic mass is 19.3. The fraction of sp³-hybridized carbons (Fsp3) is 0.867. The van der Waals surface area contributed by atoms with Crippen LogP contribution in [0.3, 0.4) is 0 Å². The van der Waals surface area contributed by atoms with Gasteiger partial charge in [-0.3, -0.25) is 14.5 Å². The Morgan fingerprint density at radius 2 is 2.14 bits per heavy atom. The van der Waals surface area contributed by atoms with E-state index >= 15 is 0 Å². The van der Waals surface area contributed by atoms with Crippen LogP contribution in [-0.4, -0.2) is 54.9 Å². The third-order valence-electron chi connectivity index (χ3n) is 4.48. The summed E-state index contributed by atoms with van der Waals surface area (Å²) >= 11 is 0. The largest absolute Gasteiger partial charge is 0.352 e. The summed E-state index contributed by atoms with van der Waals surface area (Å²) in [5.41, 5.74) is 0. The predicted molar refractivity (Wildman–Crippen MR) is 78.6 cm³/mol. The van der Waals surface area contributed by atoms with Crippen LogP contribution in [0.25, 0.3) is 0 Å². The second-order valence-corrected chi connectivity index (χ2v) is 6.35. The zero-order valence-corrected chi connectivity index (χ0v) is 12.8. The summed E-state index contributed by atoms with van der Waals surface area (Å²) in [4.78, 5) is 24.4. The van der Waals surface area contributed by atoms with Gasteiger partial charge in [0.25, 0.3) is 5.92 Å². The van der Waals surface area contributed by atoms with Crippen LogP contribution < -0.4 is 10.6 Å². The molecule has 2 aliphatic rings. The molecule has 1 saturated carbocycles. The lowest BCUT2D eigenvalue weighted by Gasteiger charge is -2.32. The van der Waals surface area contributed by atoms with Crippen LogP contribution in [0, 0.1) is 0 Å². The average Bonchev–Trinajstić information content (AvgIpc) is 2.40. The first-order chi connectivity index (χ1) is 10.5. The first kappa shape index (κ1) is 17.1. The SMILES string of the molecule is O=CNC(CCCN1CCCC(F)(F)C1)C(=O)NC1CCC1. The van der Waals surface area contributed by atoms with Crippen molar-refractivity contribution in [1.29, 1.82) is 0 Å². The number of nitrogens with one attached hydrogen (secondary N) is 2. The summed E-state index contributed by atoms with van der Waals surface area (Å²) in [7, 11) is 0. The van der Waals surface area contributed by atoms with E-state index in [0.717, 1.165) is 19.3 Å². The van der Waals surface area contributed by atoms with Gasteiger partial charge in [-0.25, -0.2) is 8.78 Å². The van der Waals surface area contributed by atoms with Crippen molar-refractivity contribution < 1.29 is 18.4 Å². The summed E-state index contributed by atoms with van der Waals surface area (Å²) in [6.45, 7) is 1.01. The normalized spacial score (nSPS) is 23.4. The van der Waals surface area contributed by atoms with Crippen molar-refractivity contribution in [2.75, 3.05) is 19.6 Å². The van der Waals surface area contributed by atoms with Crippen molar-refractivity contribution in [2.24, 2.45) is 0 Å². The van der Waals surface area contributed by atoms with E-state index in [-0.39, 0.29) is 24.9 Å². The van der Waals surface area contributed by atoms with Gasteiger partial charge >= 0.3 is 0 Å². The molecule has 0 aromatic heterocycles. The topological polar surface area (TPSA) is 61.4 Å². The van der Waals surface area contributed by atoms with Crippen molar-refractivity contribution >= 4 is 12.3 Å². The Kier molecular flexibility index (Phi) is 6.11. The maximum atomic E-state index is 13.3. The number of piperidine rings is 1. The number of amides is 2. The van der Waals surface area contributed by atoms with E-state index in [9.17, 15) is 18.4 Å². The van der Waals surface area contributed by atoms with Crippen LogP contribution >= 0.6 is 0 Å². The molecule has 1 atom stereocenters. The Morgan fingerprint density at radius 1 is 1.36 bits per heavy atom. The lowest BCUT2D eigenvalue weighted by Crippen LogP contribution is -2.49. The van der Waals surface area contributed by atoms with Crippen LogP contribution in [0.1, 0.15) is 44.9 Å². The first-order valence-electron chi connectivity index (χ1n) is 8.10. The molecule has 2 N–H and O–H groups in total. The number of nitrogens with zero attached hydrogens (tertiary/aromatic N) is 1. The van der Waals surface area contributed by atoms with Crippen molar-refractivity contribution in [3.8, 4) is 0 Å². The Hall–Kier alpha value is -1.24. The summed E-state index contributed by atoms with van der Waals surface area (Å²) in [5.74, 6) is -2.76. The minimum atomic E-state index is -2.60. The van der Waals surface area contributed by atoms with Gasteiger partial charge in [0.1, 0.15) is 6.04 Å². The maximum Gasteiger partial charge on any atom is 0.260 e. The fourth-order valence-corrected chi connectivity index (χ4v) is 2.98. The van der Waals surface area contributed by atoms with E-state index in [0.29, 0.717) is 38.8 Å². The van der Waals surface area contributed by atoms with Crippen molar-refractivity contribution in [2.45, 2.75) is 63.0 Å². The predicted octanol–water partition coefficient (Wildman–Crippen LogP) is 1.28. The molecule has 2 fully saturated rings. The molecule has 0 aromatic carbocycles. The van der Waals surface area contributed by atoms with E-state index in [4.69, 9.17) is 0 Å². The molecule has 7 heteroatoms. The number of carbonyl (C=O) groups is 2. The highest BCUT2D eigenvalue weighted by molar-refractivity contribution is 5.83. The van der Waals surface area contributed by atoms with Gasteiger partial charge in [-0.1, -0.05) is 0 Å². The summed E-state index contributed by atoms with van der Waals surface area (Å²) in [6.07, 6.45) is 5.18. The van der Waals surface area contributed by atoms with E-state index in [1.807, 2.05) is 0 Å². The summed E-state index contributed by atoms with van der Waals surface area (Å²) in [5, 5.41) is 5.44. The second kappa shape index (κ2) is 7.85. The maximum absolute atomic E-state index is 13.3. The molecular formula is C15H25F2N3O2. The molecule has 5 nitrogen and oxygen atoms in total. The Morgan fingerprint density at radius 3 is 2.73 bits per heavy atom. The van der Waals surface area contributed by atoms with E-state index in [1.165, 1.54) is 0 Å². The molecule has 0 radical (unpaired) electrons. The van der Waals surface area contributed by atoms with Gasteiger partial charge in [0.05, 0.1) is 6.54 Å². The molecule has 126 valence electrons. The molecule has 1 heterocycles. The molecule has 0 bridgehead atoms. The van der Waals surface area contributed by atoms with Gasteiger partial charge in [0, 0.05) is 12.5 Å². The van der Waals surface area contributed by atoms with Gasteiger partial charge in [0.2, 0.25) is 12.3 Å². The number of likely N-dealkylation sites (tertiary alicyclic amines) is 1. The quantitative estimate of drug-likeness (QED) is 0.663. The minimum Gasteiger partial charge on any atom is -0.352 e. The molecule has 2 rings (SSSR count). The Balaban J connectivity index is 1.71. The summed E-state index contributed by atoms with van der Waals surface area (Å²) in [6, 6.07) is -0.340. The van der Waals surface area contributed by atoms with Gasteiger partial charge in [-0.15, -0.1) is 0 Å². The molecule has 1 aliphatic carbocycles. The number of halogens is 2. The number of rotatable bonds is 8. The Labute approximate surface area is 129 Å². The van der Waals surface area contributed by atoms with E-state index in [1.54, 1.807) is 4.90 Å². The van der Waals surface area contributed by atoms with Crippen molar-refractivity contribution in [3.05, 3.63) is 0 Å². The minimum absolute atomic E-state index is 0.0391. The number of carbonyl (C=O) groups excluding carboxylic acids is 2. The lowest BCUT2D eigenvalue weighted by atomic mass is 9.93. The molecular weight excluding hydrogens is 292 g/mol. The number of alkyl halides is 2. The van der Waals surface area contributed by atoms with E-state index < -0.39 is 12.0 Å². The molecule has 2 amide bonds. The highest BCUT2D eigenvalue weighted by Crippen LogP contribution is 2.26. The van der Waals surface area contributed by atoms with Crippen LogP contribution in [0.4, 0.5) is 8.78 Å². The molecule has 22 heavy (non-hydrogen) atoms. The van der Waals surface area contributed by atoms with E-state index in [2.05, 4.69) is 10.6 Å². The lowest BCUT2D eigenvalue weighted by molar-refractivity contribution is -0.126. The van der Waals surface area contributed by atoms with Crippen LogP contribution in [0.5, 0.6) is 0 Å². The molecule has 1 unspecified atom stereocenters. The third-order valence-corrected chi connectivity index (χ3v) is 4.48. The molecule has 0 spiro atoms. The van der Waals surface area contributed by atoms with Crippen molar-refractivity contribution in [3.63, 3.8) is 0 Å². The highest BCUT2D eigenvalue weighted by Gasteiger charge is 2.34. The molecule has 0 aromatic rings. The van der Waals surface area contributed by atoms with Crippen molar-refractivity contribution in [1.82, 2.24) is 15.5 Å². The smallest absolute Gasteiger partial charge is 0.260 e. The van der Waals surface area contributed by atoms with Crippen LogP contribution in [0.15, 0.2) is 0 Å². The number of hydrogen-bond donors (Lipinski definition) is 2.